The van der Waals surface area contributed by atoms with Gasteiger partial charge in [-0.15, -0.1) is 0 Å². The molecule has 0 radical (unpaired) electrons. The summed E-state index contributed by atoms with van der Waals surface area (Å²) in [6, 6.07) is 2.13. The molecule has 26 heavy (non-hydrogen) atoms. The Balaban J connectivity index is 1.63. The first-order valence-corrected chi connectivity index (χ1v) is 9.97. The lowest BCUT2D eigenvalue weighted by atomic mass is 9.87. The molecule has 1 N–H and O–H groups in total. The van der Waals surface area contributed by atoms with E-state index in [0.29, 0.717) is 17.7 Å². The molecule has 1 aliphatic carbocycles. The molecule has 6 nitrogen and oxygen atoms in total. The van der Waals surface area contributed by atoms with E-state index in [4.69, 9.17) is 16.3 Å². The van der Waals surface area contributed by atoms with Crippen LogP contribution in [0, 0.1) is 0 Å². The lowest BCUT2D eigenvalue weighted by Gasteiger charge is -2.24. The summed E-state index contributed by atoms with van der Waals surface area (Å²) in [6.45, 7) is 7.13. The number of nitrogens with one attached hydrogen (secondary N) is 1. The number of amides is 1. The first-order chi connectivity index (χ1) is 12.3. The van der Waals surface area contributed by atoms with E-state index in [-0.39, 0.29) is 12.1 Å². The molecule has 1 aliphatic heterocycles. The summed E-state index contributed by atoms with van der Waals surface area (Å²) in [5, 5.41) is 3.26. The number of alkyl carbamates (subject to hydrolysis) is 1. The normalized spacial score (nSPS) is 21.7. The molecule has 1 aromatic rings. The minimum Gasteiger partial charge on any atom is -0.444 e. The van der Waals surface area contributed by atoms with Crippen LogP contribution in [0.3, 0.4) is 0 Å². The van der Waals surface area contributed by atoms with Crippen molar-refractivity contribution in [2.24, 2.45) is 0 Å². The highest BCUT2D eigenvalue weighted by Crippen LogP contribution is 2.33. The van der Waals surface area contributed by atoms with Gasteiger partial charge < -0.3 is 15.0 Å². The van der Waals surface area contributed by atoms with Crippen molar-refractivity contribution in [3.8, 4) is 0 Å². The van der Waals surface area contributed by atoms with E-state index in [1.54, 1.807) is 0 Å². The third-order valence-corrected chi connectivity index (χ3v) is 5.13. The molecule has 2 fully saturated rings. The van der Waals surface area contributed by atoms with Gasteiger partial charge in [-0.25, -0.2) is 14.8 Å². The third-order valence-electron chi connectivity index (χ3n) is 4.96. The van der Waals surface area contributed by atoms with Crippen LogP contribution < -0.4 is 10.2 Å². The molecule has 0 aromatic carbocycles. The van der Waals surface area contributed by atoms with Gasteiger partial charge >= 0.3 is 6.09 Å². The molecule has 1 aromatic heterocycles. The summed E-state index contributed by atoms with van der Waals surface area (Å²) >= 11 is 6.20. The summed E-state index contributed by atoms with van der Waals surface area (Å²) in [6.07, 6.45) is 6.67. The topological polar surface area (TPSA) is 67.3 Å². The van der Waals surface area contributed by atoms with Crippen molar-refractivity contribution >= 4 is 23.5 Å². The smallest absolute Gasteiger partial charge is 0.407 e. The van der Waals surface area contributed by atoms with Crippen molar-refractivity contribution in [1.82, 2.24) is 15.3 Å². The van der Waals surface area contributed by atoms with Crippen LogP contribution in [0.25, 0.3) is 0 Å². The fourth-order valence-corrected chi connectivity index (χ4v) is 3.94. The first-order valence-electron chi connectivity index (χ1n) is 9.59. The van der Waals surface area contributed by atoms with E-state index >= 15 is 0 Å². The fraction of sp³-hybridized carbons (Fsp3) is 0.737. The fourth-order valence-electron chi connectivity index (χ4n) is 3.75. The van der Waals surface area contributed by atoms with Gasteiger partial charge in [0.1, 0.15) is 11.4 Å². The molecule has 0 spiro atoms. The van der Waals surface area contributed by atoms with E-state index < -0.39 is 5.60 Å². The number of rotatable bonds is 3. The first kappa shape index (κ1) is 19.2. The molecule has 1 amide bonds. The van der Waals surface area contributed by atoms with E-state index in [9.17, 15) is 4.79 Å². The highest BCUT2D eigenvalue weighted by molar-refractivity contribution is 6.28. The molecule has 1 atom stereocenters. The second-order valence-electron chi connectivity index (χ2n) is 8.33. The Labute approximate surface area is 160 Å². The second-order valence-corrected chi connectivity index (χ2v) is 8.67. The van der Waals surface area contributed by atoms with Crippen LogP contribution in [0.15, 0.2) is 6.07 Å². The van der Waals surface area contributed by atoms with Gasteiger partial charge in [-0.1, -0.05) is 19.3 Å². The molecule has 1 saturated heterocycles. The SMILES string of the molecule is CC(C)(C)OC(=O)N[C@H]1CCN(c2cc(C3CCCCC3)nc(Cl)n2)C1. The second kappa shape index (κ2) is 7.99. The van der Waals surface area contributed by atoms with Gasteiger partial charge in [0.15, 0.2) is 0 Å². The Morgan fingerprint density at radius 1 is 1.23 bits per heavy atom. The third kappa shape index (κ3) is 5.22. The molecule has 2 heterocycles. The van der Waals surface area contributed by atoms with Crippen LogP contribution >= 0.6 is 11.6 Å². The number of hydrogen-bond donors (Lipinski definition) is 1. The van der Waals surface area contributed by atoms with Crippen LogP contribution in [-0.4, -0.2) is 40.8 Å². The average Bonchev–Trinajstić information content (AvgIpc) is 3.01. The van der Waals surface area contributed by atoms with Crippen LogP contribution in [0.4, 0.5) is 10.6 Å². The van der Waals surface area contributed by atoms with E-state index in [1.165, 1.54) is 32.1 Å². The Morgan fingerprint density at radius 3 is 2.65 bits per heavy atom. The zero-order chi connectivity index (χ0) is 18.7. The summed E-state index contributed by atoms with van der Waals surface area (Å²) < 4.78 is 5.34. The molecule has 1 saturated carbocycles. The Hall–Kier alpha value is -1.56. The average molecular weight is 381 g/mol. The maximum atomic E-state index is 12.0. The maximum Gasteiger partial charge on any atom is 0.407 e. The summed E-state index contributed by atoms with van der Waals surface area (Å²) in [7, 11) is 0. The predicted octanol–water partition coefficient (Wildman–Crippen LogP) is 4.28. The maximum absolute atomic E-state index is 12.0. The standard InChI is InChI=1S/C19H29ClN4O2/c1-19(2,3)26-18(25)21-14-9-10-24(12-14)16-11-15(22-17(20)23-16)13-7-5-4-6-8-13/h11,13-14H,4-10,12H2,1-3H3,(H,21,25)/t14-/m0/s1. The zero-order valence-corrected chi connectivity index (χ0v) is 16.7. The highest BCUT2D eigenvalue weighted by atomic mass is 35.5. The van der Waals surface area contributed by atoms with Gasteiger partial charge in [-0.2, -0.15) is 0 Å². The van der Waals surface area contributed by atoms with E-state index in [0.717, 1.165) is 24.5 Å². The van der Waals surface area contributed by atoms with Crippen LogP contribution in [-0.2, 0) is 4.74 Å². The van der Waals surface area contributed by atoms with Gasteiger partial charge in [-0.05, 0) is 51.6 Å². The van der Waals surface area contributed by atoms with E-state index in [1.807, 2.05) is 20.8 Å². The number of halogens is 1. The summed E-state index contributed by atoms with van der Waals surface area (Å²) in [5.41, 5.74) is 0.570. The Bertz CT molecular complexity index is 641. The molecule has 2 aliphatic rings. The minimum absolute atomic E-state index is 0.0525. The number of carbonyl (C=O) groups excluding carboxylic acids is 1. The predicted molar refractivity (Wildman–Crippen MR) is 103 cm³/mol. The number of carbonyl (C=O) groups is 1. The zero-order valence-electron chi connectivity index (χ0n) is 15.9. The molecule has 0 unspecified atom stereocenters. The van der Waals surface area contributed by atoms with Gasteiger partial charge in [0.05, 0.1) is 11.7 Å². The van der Waals surface area contributed by atoms with Crippen molar-refractivity contribution in [2.45, 2.75) is 76.9 Å². The lowest BCUT2D eigenvalue weighted by Crippen LogP contribution is -2.40. The quantitative estimate of drug-likeness (QED) is 0.792. The number of anilines is 1. The molecule has 144 valence electrons. The van der Waals surface area contributed by atoms with Crippen LogP contribution in [0.1, 0.15) is 70.9 Å². The van der Waals surface area contributed by atoms with Gasteiger partial charge in [0.2, 0.25) is 5.28 Å². The van der Waals surface area contributed by atoms with Gasteiger partial charge in [-0.3, -0.25) is 0 Å². The molecular formula is C19H29ClN4O2. The van der Waals surface area contributed by atoms with Crippen LogP contribution in [0.2, 0.25) is 5.28 Å². The van der Waals surface area contributed by atoms with Gasteiger partial charge in [0.25, 0.3) is 0 Å². The van der Waals surface area contributed by atoms with Crippen molar-refractivity contribution < 1.29 is 9.53 Å². The van der Waals surface area contributed by atoms with Crippen LogP contribution in [0.5, 0.6) is 0 Å². The molecule has 0 bridgehead atoms. The molecule has 3 rings (SSSR count). The van der Waals surface area contributed by atoms with Gasteiger partial charge in [0, 0.05) is 25.1 Å². The van der Waals surface area contributed by atoms with Crippen molar-refractivity contribution in [3.05, 3.63) is 17.0 Å². The van der Waals surface area contributed by atoms with Crippen molar-refractivity contribution in [3.63, 3.8) is 0 Å². The molecule has 7 heteroatoms. The largest absolute Gasteiger partial charge is 0.444 e. The summed E-state index contributed by atoms with van der Waals surface area (Å²) in [4.78, 5) is 23.0. The van der Waals surface area contributed by atoms with Crippen molar-refractivity contribution in [2.75, 3.05) is 18.0 Å². The number of aromatic nitrogens is 2. The molecular weight excluding hydrogens is 352 g/mol. The van der Waals surface area contributed by atoms with Crippen molar-refractivity contribution in [1.29, 1.82) is 0 Å². The lowest BCUT2D eigenvalue weighted by molar-refractivity contribution is 0.0509. The highest BCUT2D eigenvalue weighted by Gasteiger charge is 2.28. The van der Waals surface area contributed by atoms with E-state index in [2.05, 4.69) is 26.3 Å². The number of hydrogen-bond acceptors (Lipinski definition) is 5. The number of nitrogens with zero attached hydrogens (tertiary/aromatic N) is 3. The number of ether oxygens (including phenoxy) is 1. The summed E-state index contributed by atoms with van der Waals surface area (Å²) in [5.74, 6) is 1.35. The Morgan fingerprint density at radius 2 is 1.96 bits per heavy atom. The Kier molecular flexibility index (Phi) is 5.90. The monoisotopic (exact) mass is 380 g/mol. The minimum atomic E-state index is -0.489.